The molecule has 2 aliphatic rings. The van der Waals surface area contributed by atoms with E-state index in [1.807, 2.05) is 0 Å². The number of nitrogens with two attached hydrogens (primary N) is 1. The van der Waals surface area contributed by atoms with E-state index in [1.54, 1.807) is 4.68 Å². The molecule has 7 nitrogen and oxygen atoms in total. The van der Waals surface area contributed by atoms with Crippen LogP contribution in [0.2, 0.25) is 0 Å². The lowest BCUT2D eigenvalue weighted by Gasteiger charge is -2.23. The third-order valence-corrected chi connectivity index (χ3v) is 4.65. The zero-order chi connectivity index (χ0) is 12.8. The Morgan fingerprint density at radius 1 is 1.50 bits per heavy atom. The number of carbonyl (C=O) groups is 1. The molecule has 1 atom stereocenters. The molecule has 2 saturated carbocycles. The standard InChI is InChI=1S/C10H15N5O2S/c11-10(8(16)17,6-1-2-6)5-18-9-12-13-14-15(9)7-3-4-7/h6-7H,1-5,11H2,(H,16,17). The lowest BCUT2D eigenvalue weighted by molar-refractivity contribution is -0.143. The molecule has 1 unspecified atom stereocenters. The summed E-state index contributed by atoms with van der Waals surface area (Å²) >= 11 is 1.35. The second kappa shape index (κ2) is 4.20. The van der Waals surface area contributed by atoms with Gasteiger partial charge in [-0.25, -0.2) is 4.68 Å². The van der Waals surface area contributed by atoms with Crippen LogP contribution in [0.3, 0.4) is 0 Å². The smallest absolute Gasteiger partial charge is 0.324 e. The second-order valence-corrected chi connectivity index (χ2v) is 5.99. The maximum absolute atomic E-state index is 11.3. The number of aliphatic carboxylic acids is 1. The largest absolute Gasteiger partial charge is 0.480 e. The van der Waals surface area contributed by atoms with Crippen LogP contribution < -0.4 is 5.73 Å². The van der Waals surface area contributed by atoms with E-state index in [1.165, 1.54) is 11.8 Å². The minimum absolute atomic E-state index is 0.0905. The number of thioether (sulfide) groups is 1. The number of hydrogen-bond donors (Lipinski definition) is 2. The molecule has 0 aliphatic heterocycles. The van der Waals surface area contributed by atoms with Crippen molar-refractivity contribution in [3.8, 4) is 0 Å². The van der Waals surface area contributed by atoms with Gasteiger partial charge < -0.3 is 10.8 Å². The summed E-state index contributed by atoms with van der Waals surface area (Å²) in [5, 5.41) is 21.5. The Bertz CT molecular complexity index is 471. The van der Waals surface area contributed by atoms with Gasteiger partial charge in [-0.15, -0.1) is 5.10 Å². The molecule has 1 aromatic heterocycles. The number of rotatable bonds is 6. The third-order valence-electron chi connectivity index (χ3n) is 3.50. The van der Waals surface area contributed by atoms with Gasteiger partial charge in [-0.05, 0) is 42.0 Å². The summed E-state index contributed by atoms with van der Waals surface area (Å²) in [5.74, 6) is -0.518. The highest BCUT2D eigenvalue weighted by Gasteiger charge is 2.48. The molecule has 0 radical (unpaired) electrons. The van der Waals surface area contributed by atoms with E-state index in [0.717, 1.165) is 25.7 Å². The number of aromatic nitrogens is 4. The molecular formula is C10H15N5O2S. The fourth-order valence-corrected chi connectivity index (χ4v) is 3.10. The Labute approximate surface area is 108 Å². The summed E-state index contributed by atoms with van der Waals surface area (Å²) < 4.78 is 1.78. The first-order chi connectivity index (χ1) is 8.61. The highest BCUT2D eigenvalue weighted by molar-refractivity contribution is 7.99. The molecule has 18 heavy (non-hydrogen) atoms. The normalized spacial score (nSPS) is 22.7. The maximum atomic E-state index is 11.3. The van der Waals surface area contributed by atoms with Gasteiger partial charge in [-0.3, -0.25) is 4.79 Å². The van der Waals surface area contributed by atoms with Gasteiger partial charge in [0.2, 0.25) is 5.16 Å². The zero-order valence-corrected chi connectivity index (χ0v) is 10.6. The van der Waals surface area contributed by atoms with E-state index in [0.29, 0.717) is 17.0 Å². The molecular weight excluding hydrogens is 254 g/mol. The van der Waals surface area contributed by atoms with Gasteiger partial charge >= 0.3 is 5.97 Å². The lowest BCUT2D eigenvalue weighted by Crippen LogP contribution is -2.52. The fraction of sp³-hybridized carbons (Fsp3) is 0.800. The predicted molar refractivity (Wildman–Crippen MR) is 64.1 cm³/mol. The van der Waals surface area contributed by atoms with Crippen molar-refractivity contribution in [2.75, 3.05) is 5.75 Å². The van der Waals surface area contributed by atoms with Crippen molar-refractivity contribution in [2.45, 2.75) is 42.4 Å². The maximum Gasteiger partial charge on any atom is 0.324 e. The van der Waals surface area contributed by atoms with E-state index in [4.69, 9.17) is 5.73 Å². The SMILES string of the molecule is NC(CSc1nnnn1C1CC1)(C(=O)O)C1CC1. The van der Waals surface area contributed by atoms with Gasteiger partial charge in [0, 0.05) is 5.75 Å². The second-order valence-electron chi connectivity index (χ2n) is 5.05. The molecule has 2 aliphatic carbocycles. The molecule has 0 saturated heterocycles. The van der Waals surface area contributed by atoms with Crippen molar-refractivity contribution in [1.82, 2.24) is 20.2 Å². The Hall–Kier alpha value is -1.15. The van der Waals surface area contributed by atoms with Gasteiger partial charge in [0.25, 0.3) is 0 Å². The van der Waals surface area contributed by atoms with E-state index in [-0.39, 0.29) is 5.92 Å². The van der Waals surface area contributed by atoms with Crippen LogP contribution in [0.1, 0.15) is 31.7 Å². The Morgan fingerprint density at radius 3 is 2.78 bits per heavy atom. The average Bonchev–Trinajstić information content (AvgIpc) is 3.23. The number of nitrogens with zero attached hydrogens (tertiary/aromatic N) is 4. The number of hydrogen-bond acceptors (Lipinski definition) is 6. The summed E-state index contributed by atoms with van der Waals surface area (Å²) in [6.45, 7) is 0. The topological polar surface area (TPSA) is 107 Å². The fourth-order valence-electron chi connectivity index (χ4n) is 1.97. The first kappa shape index (κ1) is 11.9. The van der Waals surface area contributed by atoms with E-state index >= 15 is 0 Å². The van der Waals surface area contributed by atoms with Crippen molar-refractivity contribution in [3.05, 3.63) is 0 Å². The molecule has 0 aromatic carbocycles. The molecule has 3 N–H and O–H groups in total. The minimum Gasteiger partial charge on any atom is -0.480 e. The van der Waals surface area contributed by atoms with Crippen LogP contribution in [0.5, 0.6) is 0 Å². The Balaban J connectivity index is 1.69. The number of carboxylic acids is 1. The van der Waals surface area contributed by atoms with Crippen molar-refractivity contribution < 1.29 is 9.90 Å². The lowest BCUT2D eigenvalue weighted by atomic mass is 9.98. The van der Waals surface area contributed by atoms with E-state index in [2.05, 4.69) is 15.5 Å². The summed E-state index contributed by atoms with van der Waals surface area (Å²) in [4.78, 5) is 11.3. The Kier molecular flexibility index (Phi) is 2.78. The van der Waals surface area contributed by atoms with Gasteiger partial charge in [-0.1, -0.05) is 11.8 Å². The molecule has 1 heterocycles. The van der Waals surface area contributed by atoms with Gasteiger partial charge in [0.05, 0.1) is 6.04 Å². The van der Waals surface area contributed by atoms with E-state index in [9.17, 15) is 9.90 Å². The van der Waals surface area contributed by atoms with Gasteiger partial charge in [0.15, 0.2) is 0 Å². The molecule has 0 spiro atoms. The highest BCUT2D eigenvalue weighted by Crippen LogP contribution is 2.42. The first-order valence-corrected chi connectivity index (χ1v) is 7.03. The van der Waals surface area contributed by atoms with Crippen molar-refractivity contribution in [2.24, 2.45) is 11.7 Å². The van der Waals surface area contributed by atoms with Crippen LogP contribution in [-0.4, -0.2) is 42.6 Å². The van der Waals surface area contributed by atoms with Crippen LogP contribution in [-0.2, 0) is 4.79 Å². The number of carboxylic acid groups (broad SMARTS) is 1. The summed E-state index contributed by atoms with van der Waals surface area (Å²) in [6, 6.07) is 0.389. The van der Waals surface area contributed by atoms with Crippen LogP contribution in [0.4, 0.5) is 0 Å². The molecule has 98 valence electrons. The molecule has 0 bridgehead atoms. The first-order valence-electron chi connectivity index (χ1n) is 6.04. The average molecular weight is 269 g/mol. The monoisotopic (exact) mass is 269 g/mol. The quantitative estimate of drug-likeness (QED) is 0.715. The predicted octanol–water partition coefficient (Wildman–Crippen LogP) is 0.292. The molecule has 1 aromatic rings. The zero-order valence-electron chi connectivity index (χ0n) is 9.82. The van der Waals surface area contributed by atoms with Gasteiger partial charge in [0.1, 0.15) is 5.54 Å². The summed E-state index contributed by atoms with van der Waals surface area (Å²) in [7, 11) is 0. The highest BCUT2D eigenvalue weighted by atomic mass is 32.2. The van der Waals surface area contributed by atoms with Crippen LogP contribution in [0, 0.1) is 5.92 Å². The van der Waals surface area contributed by atoms with Crippen molar-refractivity contribution >= 4 is 17.7 Å². The van der Waals surface area contributed by atoms with E-state index < -0.39 is 11.5 Å². The molecule has 2 fully saturated rings. The van der Waals surface area contributed by atoms with Crippen LogP contribution in [0.15, 0.2) is 5.16 Å². The van der Waals surface area contributed by atoms with Crippen molar-refractivity contribution in [3.63, 3.8) is 0 Å². The third kappa shape index (κ3) is 2.10. The Morgan fingerprint density at radius 2 is 2.22 bits per heavy atom. The number of tetrazole rings is 1. The van der Waals surface area contributed by atoms with Crippen molar-refractivity contribution in [1.29, 1.82) is 0 Å². The van der Waals surface area contributed by atoms with Gasteiger partial charge in [-0.2, -0.15) is 0 Å². The molecule has 0 amide bonds. The minimum atomic E-state index is -1.15. The summed E-state index contributed by atoms with van der Waals surface area (Å²) in [6.07, 6.45) is 3.98. The van der Waals surface area contributed by atoms with Crippen LogP contribution >= 0.6 is 11.8 Å². The molecule has 8 heteroatoms. The summed E-state index contributed by atoms with van der Waals surface area (Å²) in [5.41, 5.74) is 4.86. The molecule has 3 rings (SSSR count). The van der Waals surface area contributed by atoms with Crippen LogP contribution in [0.25, 0.3) is 0 Å².